The summed E-state index contributed by atoms with van der Waals surface area (Å²) in [5, 5.41) is 9.56. The van der Waals surface area contributed by atoms with Gasteiger partial charge < -0.3 is 30.2 Å². The van der Waals surface area contributed by atoms with Gasteiger partial charge in [0.05, 0.1) is 7.11 Å². The molecule has 3 N–H and O–H groups in total. The van der Waals surface area contributed by atoms with Gasteiger partial charge in [0.15, 0.2) is 5.96 Å². The van der Waals surface area contributed by atoms with Crippen molar-refractivity contribution in [3.63, 3.8) is 0 Å². The quantitative estimate of drug-likeness (QED) is 0.195. The Morgan fingerprint density at radius 1 is 1.09 bits per heavy atom. The number of rotatable bonds is 8. The molecule has 1 saturated heterocycles. The highest BCUT2D eigenvalue weighted by molar-refractivity contribution is 14.0. The van der Waals surface area contributed by atoms with Crippen LogP contribution in [-0.2, 0) is 14.9 Å². The summed E-state index contributed by atoms with van der Waals surface area (Å²) in [5.74, 6) is 1.60. The summed E-state index contributed by atoms with van der Waals surface area (Å²) in [5.41, 5.74) is 0.778. The standard InChI is InChI=1S/C23H38N4O4.HI/c1-22(2,3)31-21(28)26-14-6-13-25-20(24-4)27-17-23(11-15-30-16-12-23)18-7-9-19(29-5)10-8-18;/h7-10H,6,11-17H2,1-5H3,(H,26,28)(H2,24,25,27);1H. The van der Waals surface area contributed by atoms with Gasteiger partial charge in [0, 0.05) is 45.3 Å². The number of ether oxygens (including phenoxy) is 3. The van der Waals surface area contributed by atoms with Gasteiger partial charge in [-0.1, -0.05) is 12.1 Å². The first kappa shape index (κ1) is 28.3. The fourth-order valence-corrected chi connectivity index (χ4v) is 3.55. The van der Waals surface area contributed by atoms with Gasteiger partial charge in [-0.05, 0) is 57.7 Å². The average Bonchev–Trinajstić information content (AvgIpc) is 2.75. The maximum absolute atomic E-state index is 11.7. The zero-order chi connectivity index (χ0) is 22.7. The predicted molar refractivity (Wildman–Crippen MR) is 138 cm³/mol. The number of aliphatic imine (C=N–C) groups is 1. The van der Waals surface area contributed by atoms with Crippen LogP contribution in [0, 0.1) is 0 Å². The van der Waals surface area contributed by atoms with Crippen molar-refractivity contribution in [2.24, 2.45) is 4.99 Å². The van der Waals surface area contributed by atoms with Crippen LogP contribution in [0.25, 0.3) is 0 Å². The Morgan fingerprint density at radius 2 is 1.72 bits per heavy atom. The number of hydrogen-bond acceptors (Lipinski definition) is 5. The highest BCUT2D eigenvalue weighted by Crippen LogP contribution is 2.35. The molecule has 1 amide bonds. The molecule has 1 aliphatic heterocycles. The normalized spacial score (nSPS) is 15.8. The van der Waals surface area contributed by atoms with E-state index in [1.807, 2.05) is 32.9 Å². The van der Waals surface area contributed by atoms with E-state index >= 15 is 0 Å². The van der Waals surface area contributed by atoms with Crippen LogP contribution in [0.5, 0.6) is 5.75 Å². The minimum absolute atomic E-state index is 0. The van der Waals surface area contributed by atoms with E-state index in [0.29, 0.717) is 13.1 Å². The van der Waals surface area contributed by atoms with Crippen molar-refractivity contribution in [3.8, 4) is 5.75 Å². The van der Waals surface area contributed by atoms with Crippen molar-refractivity contribution >= 4 is 36.0 Å². The summed E-state index contributed by atoms with van der Waals surface area (Å²) in [6.45, 7) is 9.02. The number of carbonyl (C=O) groups is 1. The Hall–Kier alpha value is -1.75. The number of methoxy groups -OCH3 is 1. The lowest BCUT2D eigenvalue weighted by Gasteiger charge is -2.38. The molecule has 0 bridgehead atoms. The van der Waals surface area contributed by atoms with E-state index < -0.39 is 11.7 Å². The molecule has 2 rings (SSSR count). The van der Waals surface area contributed by atoms with E-state index in [1.54, 1.807) is 14.2 Å². The number of hydrogen-bond donors (Lipinski definition) is 3. The zero-order valence-electron chi connectivity index (χ0n) is 20.0. The third-order valence-electron chi connectivity index (χ3n) is 5.28. The van der Waals surface area contributed by atoms with Crippen LogP contribution < -0.4 is 20.7 Å². The van der Waals surface area contributed by atoms with Gasteiger partial charge in [-0.2, -0.15) is 0 Å². The van der Waals surface area contributed by atoms with Crippen LogP contribution in [0.3, 0.4) is 0 Å². The molecule has 8 nitrogen and oxygen atoms in total. The molecule has 1 fully saturated rings. The van der Waals surface area contributed by atoms with Crippen LogP contribution in [0.4, 0.5) is 4.79 Å². The Bertz CT molecular complexity index is 714. The molecule has 1 aromatic carbocycles. The second-order valence-corrected chi connectivity index (χ2v) is 8.76. The highest BCUT2D eigenvalue weighted by Gasteiger charge is 2.34. The molecule has 0 atom stereocenters. The highest BCUT2D eigenvalue weighted by atomic mass is 127. The molecule has 0 unspecified atom stereocenters. The van der Waals surface area contributed by atoms with E-state index in [1.165, 1.54) is 5.56 Å². The average molecular weight is 562 g/mol. The molecule has 1 aromatic rings. The van der Waals surface area contributed by atoms with Crippen molar-refractivity contribution in [1.82, 2.24) is 16.0 Å². The van der Waals surface area contributed by atoms with Crippen LogP contribution in [0.15, 0.2) is 29.3 Å². The topological polar surface area (TPSA) is 93.2 Å². The second kappa shape index (κ2) is 13.7. The number of halogens is 1. The molecule has 0 spiro atoms. The summed E-state index contributed by atoms with van der Waals surface area (Å²) in [4.78, 5) is 16.0. The van der Waals surface area contributed by atoms with Gasteiger partial charge in [0.1, 0.15) is 11.4 Å². The van der Waals surface area contributed by atoms with Crippen molar-refractivity contribution in [3.05, 3.63) is 29.8 Å². The number of nitrogens with one attached hydrogen (secondary N) is 3. The van der Waals surface area contributed by atoms with Gasteiger partial charge in [0.25, 0.3) is 0 Å². The van der Waals surface area contributed by atoms with Crippen LogP contribution >= 0.6 is 24.0 Å². The third kappa shape index (κ3) is 9.40. The lowest BCUT2D eigenvalue weighted by atomic mass is 9.74. The SMILES string of the molecule is CN=C(NCCCNC(=O)OC(C)(C)C)NCC1(c2ccc(OC)cc2)CCOCC1.I. The largest absolute Gasteiger partial charge is 0.497 e. The molecule has 0 radical (unpaired) electrons. The van der Waals surface area contributed by atoms with E-state index in [2.05, 4.69) is 33.1 Å². The molecule has 0 aliphatic carbocycles. The fourth-order valence-electron chi connectivity index (χ4n) is 3.55. The Balaban J connectivity index is 0.00000512. The fraction of sp³-hybridized carbons (Fsp3) is 0.652. The minimum atomic E-state index is -0.488. The Labute approximate surface area is 209 Å². The number of nitrogens with zero attached hydrogens (tertiary/aromatic N) is 1. The maximum atomic E-state index is 11.7. The minimum Gasteiger partial charge on any atom is -0.497 e. The molecule has 0 saturated carbocycles. The van der Waals surface area contributed by atoms with Crippen molar-refractivity contribution < 1.29 is 19.0 Å². The van der Waals surface area contributed by atoms with E-state index in [9.17, 15) is 4.79 Å². The summed E-state index contributed by atoms with van der Waals surface area (Å²) >= 11 is 0. The molecule has 1 aliphatic rings. The number of amides is 1. The van der Waals surface area contributed by atoms with Crippen molar-refractivity contribution in [2.45, 2.75) is 51.0 Å². The number of benzene rings is 1. The van der Waals surface area contributed by atoms with E-state index in [4.69, 9.17) is 14.2 Å². The third-order valence-corrected chi connectivity index (χ3v) is 5.28. The first-order chi connectivity index (χ1) is 14.8. The summed E-state index contributed by atoms with van der Waals surface area (Å²) in [6, 6.07) is 8.31. The molecular weight excluding hydrogens is 523 g/mol. The number of carbonyl (C=O) groups excluding carboxylic acids is 1. The summed E-state index contributed by atoms with van der Waals surface area (Å²) in [6.07, 6.45) is 2.26. The first-order valence-corrected chi connectivity index (χ1v) is 10.9. The van der Waals surface area contributed by atoms with Gasteiger partial charge in [0.2, 0.25) is 0 Å². The molecule has 32 heavy (non-hydrogen) atoms. The van der Waals surface area contributed by atoms with Crippen LogP contribution in [0.2, 0.25) is 0 Å². The molecule has 0 aromatic heterocycles. The number of guanidine groups is 1. The van der Waals surface area contributed by atoms with Crippen LogP contribution in [-0.4, -0.2) is 64.7 Å². The monoisotopic (exact) mass is 562 g/mol. The van der Waals surface area contributed by atoms with Gasteiger partial charge in [-0.15, -0.1) is 24.0 Å². The molecule has 9 heteroatoms. The lowest BCUT2D eigenvalue weighted by Crippen LogP contribution is -2.48. The number of alkyl carbamates (subject to hydrolysis) is 1. The lowest BCUT2D eigenvalue weighted by molar-refractivity contribution is 0.0512. The van der Waals surface area contributed by atoms with Gasteiger partial charge in [-0.3, -0.25) is 4.99 Å². The molecule has 182 valence electrons. The van der Waals surface area contributed by atoms with Crippen LogP contribution in [0.1, 0.15) is 45.6 Å². The maximum Gasteiger partial charge on any atom is 0.407 e. The first-order valence-electron chi connectivity index (χ1n) is 10.9. The van der Waals surface area contributed by atoms with E-state index in [-0.39, 0.29) is 29.4 Å². The summed E-state index contributed by atoms with van der Waals surface area (Å²) in [7, 11) is 3.44. The Kier molecular flexibility index (Phi) is 12.1. The van der Waals surface area contributed by atoms with Gasteiger partial charge in [-0.25, -0.2) is 4.79 Å². The predicted octanol–water partition coefficient (Wildman–Crippen LogP) is 3.44. The van der Waals surface area contributed by atoms with Crippen molar-refractivity contribution in [2.75, 3.05) is 47.0 Å². The smallest absolute Gasteiger partial charge is 0.407 e. The van der Waals surface area contributed by atoms with Crippen molar-refractivity contribution in [1.29, 1.82) is 0 Å². The second-order valence-electron chi connectivity index (χ2n) is 8.76. The Morgan fingerprint density at radius 3 is 2.28 bits per heavy atom. The molecule has 1 heterocycles. The van der Waals surface area contributed by atoms with Gasteiger partial charge >= 0.3 is 6.09 Å². The van der Waals surface area contributed by atoms with E-state index in [0.717, 1.165) is 50.7 Å². The zero-order valence-corrected chi connectivity index (χ0v) is 22.3. The molecular formula is C23H39IN4O4. The summed E-state index contributed by atoms with van der Waals surface area (Å²) < 4.78 is 16.2.